The van der Waals surface area contributed by atoms with Gasteiger partial charge in [-0.15, -0.1) is 0 Å². The first kappa shape index (κ1) is 16.9. The average molecular weight is 300 g/mol. The summed E-state index contributed by atoms with van der Waals surface area (Å²) in [6.07, 6.45) is 1.88. The summed E-state index contributed by atoms with van der Waals surface area (Å²) in [5, 5.41) is 12.6. The lowest BCUT2D eigenvalue weighted by Gasteiger charge is -2.10. The van der Waals surface area contributed by atoms with Gasteiger partial charge in [0.25, 0.3) is 0 Å². The SMILES string of the molecule is CCCNS(=O)(=O)c1ccc(NCCC(O)CC)cc1. The Labute approximate surface area is 121 Å². The molecule has 0 saturated carbocycles. The molecule has 6 heteroatoms. The van der Waals surface area contributed by atoms with Crippen molar-refractivity contribution in [2.75, 3.05) is 18.4 Å². The van der Waals surface area contributed by atoms with E-state index in [9.17, 15) is 13.5 Å². The molecule has 20 heavy (non-hydrogen) atoms. The second-order valence-corrected chi connectivity index (χ2v) is 6.47. The minimum atomic E-state index is -3.39. The lowest BCUT2D eigenvalue weighted by atomic mass is 10.2. The fraction of sp³-hybridized carbons (Fsp3) is 0.571. The van der Waals surface area contributed by atoms with Crippen LogP contribution in [0.3, 0.4) is 0 Å². The maximum atomic E-state index is 11.9. The van der Waals surface area contributed by atoms with Crippen LogP contribution in [0, 0.1) is 0 Å². The molecule has 1 aromatic carbocycles. The maximum Gasteiger partial charge on any atom is 0.240 e. The van der Waals surface area contributed by atoms with Crippen LogP contribution in [0.15, 0.2) is 29.2 Å². The van der Waals surface area contributed by atoms with Crippen molar-refractivity contribution in [3.8, 4) is 0 Å². The fourth-order valence-electron chi connectivity index (χ4n) is 1.66. The van der Waals surface area contributed by atoms with Crippen molar-refractivity contribution in [3.05, 3.63) is 24.3 Å². The highest BCUT2D eigenvalue weighted by Crippen LogP contribution is 2.14. The summed E-state index contributed by atoms with van der Waals surface area (Å²) in [6.45, 7) is 4.96. The molecule has 0 amide bonds. The van der Waals surface area contributed by atoms with Crippen LogP contribution in [-0.4, -0.2) is 32.7 Å². The van der Waals surface area contributed by atoms with Gasteiger partial charge in [0.15, 0.2) is 0 Å². The van der Waals surface area contributed by atoms with Crippen LogP contribution in [0.25, 0.3) is 0 Å². The van der Waals surface area contributed by atoms with E-state index in [1.54, 1.807) is 24.3 Å². The molecule has 0 radical (unpaired) electrons. The molecular formula is C14H24N2O3S. The summed E-state index contributed by atoms with van der Waals surface area (Å²) in [4.78, 5) is 0.269. The lowest BCUT2D eigenvalue weighted by Crippen LogP contribution is -2.24. The fourth-order valence-corrected chi connectivity index (χ4v) is 2.79. The average Bonchev–Trinajstić information content (AvgIpc) is 2.45. The van der Waals surface area contributed by atoms with E-state index in [1.807, 2.05) is 13.8 Å². The second-order valence-electron chi connectivity index (χ2n) is 4.70. The molecule has 114 valence electrons. The first-order chi connectivity index (χ1) is 9.49. The molecule has 0 aromatic heterocycles. The lowest BCUT2D eigenvalue weighted by molar-refractivity contribution is 0.164. The minimum absolute atomic E-state index is 0.269. The van der Waals surface area contributed by atoms with Crippen molar-refractivity contribution in [2.45, 2.75) is 44.1 Å². The highest BCUT2D eigenvalue weighted by molar-refractivity contribution is 7.89. The summed E-state index contributed by atoms with van der Waals surface area (Å²) in [5.41, 5.74) is 0.850. The first-order valence-corrected chi connectivity index (χ1v) is 8.49. The molecule has 1 rings (SSSR count). The number of aliphatic hydroxyl groups is 1. The van der Waals surface area contributed by atoms with Crippen LogP contribution < -0.4 is 10.0 Å². The number of nitrogens with one attached hydrogen (secondary N) is 2. The van der Waals surface area contributed by atoms with Crippen molar-refractivity contribution in [1.82, 2.24) is 4.72 Å². The third kappa shape index (κ3) is 5.48. The molecule has 1 atom stereocenters. The molecule has 5 nitrogen and oxygen atoms in total. The van der Waals surface area contributed by atoms with Gasteiger partial charge in [0.05, 0.1) is 11.0 Å². The molecule has 1 unspecified atom stereocenters. The van der Waals surface area contributed by atoms with Gasteiger partial charge < -0.3 is 10.4 Å². The minimum Gasteiger partial charge on any atom is -0.393 e. The molecule has 0 aliphatic heterocycles. The van der Waals surface area contributed by atoms with Crippen LogP contribution in [0.1, 0.15) is 33.1 Å². The number of aliphatic hydroxyl groups excluding tert-OH is 1. The third-order valence-electron chi connectivity index (χ3n) is 2.98. The molecule has 3 N–H and O–H groups in total. The number of rotatable bonds is 9. The van der Waals surface area contributed by atoms with Crippen molar-refractivity contribution in [1.29, 1.82) is 0 Å². The summed E-state index contributed by atoms with van der Waals surface area (Å²) >= 11 is 0. The highest BCUT2D eigenvalue weighted by Gasteiger charge is 2.12. The van der Waals surface area contributed by atoms with Crippen LogP contribution in [-0.2, 0) is 10.0 Å². The van der Waals surface area contributed by atoms with Gasteiger partial charge in [-0.2, -0.15) is 0 Å². The summed E-state index contributed by atoms with van der Waals surface area (Å²) in [6, 6.07) is 6.63. The normalized spacial score (nSPS) is 13.2. The van der Waals surface area contributed by atoms with Gasteiger partial charge in [-0.1, -0.05) is 13.8 Å². The van der Waals surface area contributed by atoms with Crippen molar-refractivity contribution < 1.29 is 13.5 Å². The number of benzene rings is 1. The Morgan fingerprint density at radius 2 is 1.80 bits per heavy atom. The van der Waals surface area contributed by atoms with Crippen LogP contribution in [0.5, 0.6) is 0 Å². The van der Waals surface area contributed by atoms with Crippen LogP contribution in [0.4, 0.5) is 5.69 Å². The number of hydrogen-bond acceptors (Lipinski definition) is 4. The molecule has 0 spiro atoms. The maximum absolute atomic E-state index is 11.9. The Bertz CT molecular complexity index is 486. The molecule has 0 fully saturated rings. The quantitative estimate of drug-likeness (QED) is 0.651. The highest BCUT2D eigenvalue weighted by atomic mass is 32.2. The third-order valence-corrected chi connectivity index (χ3v) is 4.46. The van der Waals surface area contributed by atoms with E-state index in [2.05, 4.69) is 10.0 Å². The summed E-state index contributed by atoms with van der Waals surface area (Å²) < 4.78 is 26.3. The van der Waals surface area contributed by atoms with E-state index < -0.39 is 10.0 Å². The monoisotopic (exact) mass is 300 g/mol. The zero-order valence-electron chi connectivity index (χ0n) is 12.1. The zero-order chi connectivity index (χ0) is 15.0. The summed E-state index contributed by atoms with van der Waals surface area (Å²) in [7, 11) is -3.39. The number of sulfonamides is 1. The van der Waals surface area contributed by atoms with Gasteiger partial charge in [0.1, 0.15) is 0 Å². The molecule has 0 aliphatic rings. The van der Waals surface area contributed by atoms with E-state index >= 15 is 0 Å². The van der Waals surface area contributed by atoms with Crippen molar-refractivity contribution in [2.24, 2.45) is 0 Å². The first-order valence-electron chi connectivity index (χ1n) is 7.01. The standard InChI is InChI=1S/C14H24N2O3S/c1-3-10-16-20(18,19)14-7-5-12(6-8-14)15-11-9-13(17)4-2/h5-8,13,15-17H,3-4,9-11H2,1-2H3. The predicted octanol–water partition coefficient (Wildman–Crippen LogP) is 1.95. The Morgan fingerprint density at radius 3 is 2.35 bits per heavy atom. The Kier molecular flexibility index (Phi) is 6.98. The molecule has 1 aromatic rings. The largest absolute Gasteiger partial charge is 0.393 e. The topological polar surface area (TPSA) is 78.4 Å². The Morgan fingerprint density at radius 1 is 1.15 bits per heavy atom. The van der Waals surface area contributed by atoms with Gasteiger partial charge in [-0.3, -0.25) is 0 Å². The van der Waals surface area contributed by atoms with E-state index in [0.29, 0.717) is 19.5 Å². The predicted molar refractivity (Wildman–Crippen MR) is 81.3 cm³/mol. The Hall–Kier alpha value is -1.11. The van der Waals surface area contributed by atoms with Gasteiger partial charge in [0, 0.05) is 18.8 Å². The smallest absolute Gasteiger partial charge is 0.240 e. The van der Waals surface area contributed by atoms with Gasteiger partial charge in [-0.05, 0) is 43.5 Å². The Balaban J connectivity index is 2.56. The van der Waals surface area contributed by atoms with Crippen LogP contribution >= 0.6 is 0 Å². The van der Waals surface area contributed by atoms with Crippen molar-refractivity contribution >= 4 is 15.7 Å². The molecule has 0 heterocycles. The molecular weight excluding hydrogens is 276 g/mol. The van der Waals surface area contributed by atoms with Crippen molar-refractivity contribution in [3.63, 3.8) is 0 Å². The zero-order valence-corrected chi connectivity index (χ0v) is 12.9. The number of hydrogen-bond donors (Lipinski definition) is 3. The van der Waals surface area contributed by atoms with Gasteiger partial charge in [-0.25, -0.2) is 13.1 Å². The second kappa shape index (κ2) is 8.24. The van der Waals surface area contributed by atoms with E-state index in [1.165, 1.54) is 0 Å². The van der Waals surface area contributed by atoms with Gasteiger partial charge in [0.2, 0.25) is 10.0 Å². The van der Waals surface area contributed by atoms with E-state index in [0.717, 1.165) is 18.5 Å². The van der Waals surface area contributed by atoms with E-state index in [-0.39, 0.29) is 11.0 Å². The van der Waals surface area contributed by atoms with E-state index in [4.69, 9.17) is 0 Å². The van der Waals surface area contributed by atoms with Crippen LogP contribution in [0.2, 0.25) is 0 Å². The molecule has 0 saturated heterocycles. The van der Waals surface area contributed by atoms with Gasteiger partial charge >= 0.3 is 0 Å². The summed E-state index contributed by atoms with van der Waals surface area (Å²) in [5.74, 6) is 0. The molecule has 0 aliphatic carbocycles. The molecule has 0 bridgehead atoms. The number of anilines is 1.